The molecule has 3 aromatic heterocycles. The summed E-state index contributed by atoms with van der Waals surface area (Å²) < 4.78 is 1.54. The summed E-state index contributed by atoms with van der Waals surface area (Å²) in [6.45, 7) is 5.38. The van der Waals surface area contributed by atoms with Crippen molar-refractivity contribution in [1.82, 2.24) is 24.7 Å². The van der Waals surface area contributed by atoms with E-state index < -0.39 is 11.5 Å². The lowest BCUT2D eigenvalue weighted by atomic mass is 10.0. The number of carbonyl (C=O) groups is 1. The van der Waals surface area contributed by atoms with Gasteiger partial charge in [-0.15, -0.1) is 0 Å². The molecule has 0 atom stereocenters. The van der Waals surface area contributed by atoms with Crippen LogP contribution in [-0.2, 0) is 11.2 Å². The number of H-pyrrole nitrogens is 1. The number of aryl methyl sites for hydroxylation is 3. The Kier molecular flexibility index (Phi) is 3.44. The first kappa shape index (κ1) is 14.9. The lowest BCUT2D eigenvalue weighted by Crippen LogP contribution is -2.19. The van der Waals surface area contributed by atoms with Crippen LogP contribution in [0.15, 0.2) is 17.2 Å². The quantitative estimate of drug-likeness (QED) is 0.747. The monoisotopic (exact) mass is 313 g/mol. The molecule has 0 aromatic carbocycles. The van der Waals surface area contributed by atoms with E-state index in [9.17, 15) is 9.59 Å². The number of rotatable bonds is 3. The van der Waals surface area contributed by atoms with Crippen LogP contribution in [0.2, 0.25) is 0 Å². The molecule has 3 rings (SSSR count). The third-order valence-corrected chi connectivity index (χ3v) is 3.73. The largest absolute Gasteiger partial charge is 0.481 e. The van der Waals surface area contributed by atoms with Crippen molar-refractivity contribution in [2.24, 2.45) is 0 Å². The average Bonchev–Trinajstić information content (AvgIpc) is 2.80. The minimum atomic E-state index is -1.05. The molecule has 0 unspecified atom stereocenters. The first-order chi connectivity index (χ1) is 10.9. The molecule has 2 N–H and O–H groups in total. The van der Waals surface area contributed by atoms with Gasteiger partial charge >= 0.3 is 5.97 Å². The van der Waals surface area contributed by atoms with Gasteiger partial charge in [0.05, 0.1) is 12.1 Å². The molecular weight excluding hydrogens is 298 g/mol. The van der Waals surface area contributed by atoms with Crippen molar-refractivity contribution in [1.29, 1.82) is 0 Å². The van der Waals surface area contributed by atoms with E-state index in [0.29, 0.717) is 22.7 Å². The molecule has 0 aliphatic heterocycles. The number of aromatic nitrogens is 5. The van der Waals surface area contributed by atoms with Gasteiger partial charge in [-0.3, -0.25) is 9.59 Å². The van der Waals surface area contributed by atoms with Crippen LogP contribution in [-0.4, -0.2) is 35.8 Å². The lowest BCUT2D eigenvalue weighted by molar-refractivity contribution is -0.136. The van der Waals surface area contributed by atoms with Gasteiger partial charge in [0.2, 0.25) is 0 Å². The maximum atomic E-state index is 12.3. The molecule has 8 heteroatoms. The van der Waals surface area contributed by atoms with E-state index in [-0.39, 0.29) is 12.0 Å². The van der Waals surface area contributed by atoms with Gasteiger partial charge in [0, 0.05) is 22.7 Å². The van der Waals surface area contributed by atoms with Crippen molar-refractivity contribution in [2.75, 3.05) is 0 Å². The van der Waals surface area contributed by atoms with Gasteiger partial charge in [-0.2, -0.15) is 9.78 Å². The summed E-state index contributed by atoms with van der Waals surface area (Å²) in [6, 6.07) is 1.75. The van der Waals surface area contributed by atoms with Crippen LogP contribution in [0.4, 0.5) is 0 Å². The first-order valence-corrected chi connectivity index (χ1v) is 7.00. The molecule has 0 aliphatic carbocycles. The Hall–Kier alpha value is -3.03. The summed E-state index contributed by atoms with van der Waals surface area (Å²) in [5.41, 5.74) is 2.41. The zero-order chi connectivity index (χ0) is 16.7. The highest BCUT2D eigenvalue weighted by Gasteiger charge is 2.19. The maximum Gasteiger partial charge on any atom is 0.308 e. The second kappa shape index (κ2) is 5.31. The van der Waals surface area contributed by atoms with Gasteiger partial charge in [0.15, 0.2) is 5.82 Å². The second-order valence-corrected chi connectivity index (χ2v) is 5.37. The van der Waals surface area contributed by atoms with Crippen molar-refractivity contribution < 1.29 is 9.90 Å². The summed E-state index contributed by atoms with van der Waals surface area (Å²) in [7, 11) is 0. The van der Waals surface area contributed by atoms with E-state index >= 15 is 0 Å². The van der Waals surface area contributed by atoms with Crippen LogP contribution in [0.1, 0.15) is 22.5 Å². The summed E-state index contributed by atoms with van der Waals surface area (Å²) in [4.78, 5) is 34.2. The first-order valence-electron chi connectivity index (χ1n) is 7.00. The Labute approximate surface area is 130 Å². The van der Waals surface area contributed by atoms with Gasteiger partial charge in [-0.05, 0) is 26.3 Å². The smallest absolute Gasteiger partial charge is 0.308 e. The van der Waals surface area contributed by atoms with Crippen LogP contribution >= 0.6 is 0 Å². The molecule has 0 saturated carbocycles. The third-order valence-electron chi connectivity index (χ3n) is 3.73. The van der Waals surface area contributed by atoms with Gasteiger partial charge in [-0.1, -0.05) is 0 Å². The zero-order valence-electron chi connectivity index (χ0n) is 12.9. The molecule has 0 spiro atoms. The Morgan fingerprint density at radius 3 is 2.70 bits per heavy atom. The van der Waals surface area contributed by atoms with Gasteiger partial charge in [-0.25, -0.2) is 9.97 Å². The van der Waals surface area contributed by atoms with Gasteiger partial charge in [0.1, 0.15) is 12.0 Å². The topological polar surface area (TPSA) is 114 Å². The van der Waals surface area contributed by atoms with E-state index in [1.165, 1.54) is 11.0 Å². The predicted octanol–water partition coefficient (Wildman–Crippen LogP) is 1.06. The summed E-state index contributed by atoms with van der Waals surface area (Å²) >= 11 is 0. The third kappa shape index (κ3) is 2.48. The SMILES string of the molecule is Cc1cc(-n2nc(C)c3c(C)c(CC(=O)O)c(=O)[nH]c32)ncn1. The number of pyridine rings is 1. The van der Waals surface area contributed by atoms with Gasteiger partial charge < -0.3 is 10.1 Å². The molecule has 3 aromatic rings. The molecule has 23 heavy (non-hydrogen) atoms. The number of carboxylic acid groups (broad SMARTS) is 1. The maximum absolute atomic E-state index is 12.3. The molecule has 0 bridgehead atoms. The molecular formula is C15H15N5O3. The number of aromatic amines is 1. The minimum absolute atomic E-state index is 0.242. The van der Waals surface area contributed by atoms with Crippen LogP contribution in [0.3, 0.4) is 0 Å². The molecule has 0 saturated heterocycles. The predicted molar refractivity (Wildman–Crippen MR) is 82.8 cm³/mol. The van der Waals surface area contributed by atoms with Crippen molar-refractivity contribution >= 4 is 17.0 Å². The van der Waals surface area contributed by atoms with E-state index in [2.05, 4.69) is 20.1 Å². The fraction of sp³-hybridized carbons (Fsp3) is 0.267. The number of fused-ring (bicyclic) bond motifs is 1. The zero-order valence-corrected chi connectivity index (χ0v) is 12.9. The van der Waals surface area contributed by atoms with Crippen molar-refractivity contribution in [2.45, 2.75) is 27.2 Å². The summed E-state index contributed by atoms with van der Waals surface area (Å²) in [6.07, 6.45) is 1.10. The van der Waals surface area contributed by atoms with E-state index in [4.69, 9.17) is 5.11 Å². The van der Waals surface area contributed by atoms with E-state index in [0.717, 1.165) is 11.1 Å². The molecule has 0 radical (unpaired) electrons. The number of nitrogens with one attached hydrogen (secondary N) is 1. The highest BCUT2D eigenvalue weighted by molar-refractivity contribution is 5.85. The Morgan fingerprint density at radius 2 is 2.04 bits per heavy atom. The molecule has 0 fully saturated rings. The molecule has 3 heterocycles. The van der Waals surface area contributed by atoms with Crippen LogP contribution < -0.4 is 5.56 Å². The second-order valence-electron chi connectivity index (χ2n) is 5.37. The van der Waals surface area contributed by atoms with Crippen LogP contribution in [0, 0.1) is 20.8 Å². The molecule has 0 amide bonds. The molecule has 0 aliphatic rings. The highest BCUT2D eigenvalue weighted by Crippen LogP contribution is 2.23. The Morgan fingerprint density at radius 1 is 1.30 bits per heavy atom. The number of hydrogen-bond donors (Lipinski definition) is 2. The van der Waals surface area contributed by atoms with Crippen LogP contribution in [0.25, 0.3) is 16.9 Å². The van der Waals surface area contributed by atoms with Crippen molar-refractivity contribution in [3.8, 4) is 5.82 Å². The average molecular weight is 313 g/mol. The van der Waals surface area contributed by atoms with Crippen LogP contribution in [0.5, 0.6) is 0 Å². The Balaban J connectivity index is 2.32. The number of carboxylic acids is 1. The number of nitrogens with zero attached hydrogens (tertiary/aromatic N) is 4. The summed E-state index contributed by atoms with van der Waals surface area (Å²) in [5, 5.41) is 14.1. The number of hydrogen-bond acceptors (Lipinski definition) is 5. The number of aliphatic carboxylic acids is 1. The van der Waals surface area contributed by atoms with Crippen molar-refractivity contribution in [3.63, 3.8) is 0 Å². The van der Waals surface area contributed by atoms with E-state index in [1.807, 2.05) is 13.8 Å². The van der Waals surface area contributed by atoms with E-state index in [1.54, 1.807) is 13.0 Å². The lowest BCUT2D eigenvalue weighted by Gasteiger charge is -2.06. The standard InChI is InChI=1S/C15H15N5O3/c1-7-4-11(17-6-16-7)20-14-13(9(3)19-20)8(2)10(5-12(21)22)15(23)18-14/h4,6H,5H2,1-3H3,(H,18,23)(H,21,22). The van der Waals surface area contributed by atoms with Crippen molar-refractivity contribution in [3.05, 3.63) is 45.3 Å². The molecule has 118 valence electrons. The fourth-order valence-corrected chi connectivity index (χ4v) is 2.68. The molecule has 8 nitrogen and oxygen atoms in total. The van der Waals surface area contributed by atoms with Gasteiger partial charge in [0.25, 0.3) is 5.56 Å². The minimum Gasteiger partial charge on any atom is -0.481 e. The normalized spacial score (nSPS) is 11.1. The Bertz CT molecular complexity index is 987. The highest BCUT2D eigenvalue weighted by atomic mass is 16.4. The summed E-state index contributed by atoms with van der Waals surface area (Å²) in [5.74, 6) is -0.508. The fourth-order valence-electron chi connectivity index (χ4n) is 2.68.